The number of nitrogens with one attached hydrogen (secondary N) is 1. The van der Waals surface area contributed by atoms with Crippen LogP contribution in [0.1, 0.15) is 37.7 Å². The fourth-order valence-corrected chi connectivity index (χ4v) is 3.31. The maximum absolute atomic E-state index is 6.29. The molecule has 3 nitrogen and oxygen atoms in total. The van der Waals surface area contributed by atoms with Crippen molar-refractivity contribution in [3.8, 4) is 11.5 Å². The van der Waals surface area contributed by atoms with Crippen LogP contribution in [0.25, 0.3) is 0 Å². The third kappa shape index (κ3) is 3.39. The van der Waals surface area contributed by atoms with Crippen molar-refractivity contribution in [2.45, 2.75) is 38.6 Å². The normalized spacial score (nSPS) is 19.1. The highest BCUT2D eigenvalue weighted by Gasteiger charge is 2.17. The van der Waals surface area contributed by atoms with Crippen LogP contribution in [0.2, 0.25) is 5.02 Å². The van der Waals surface area contributed by atoms with Crippen LogP contribution in [-0.4, -0.2) is 19.8 Å². The third-order valence-corrected chi connectivity index (χ3v) is 4.38. The number of ether oxygens (including phenoxy) is 2. The second-order valence-electron chi connectivity index (χ2n) is 5.74. The van der Waals surface area contributed by atoms with Gasteiger partial charge in [-0.3, -0.25) is 0 Å². The summed E-state index contributed by atoms with van der Waals surface area (Å²) >= 11 is 6.29. The average molecular weight is 296 g/mol. The Morgan fingerprint density at radius 1 is 1.10 bits per heavy atom. The Labute approximate surface area is 125 Å². The van der Waals surface area contributed by atoms with E-state index in [1.165, 1.54) is 25.7 Å². The van der Waals surface area contributed by atoms with Gasteiger partial charge in [-0.25, -0.2) is 0 Å². The molecule has 0 unspecified atom stereocenters. The Balaban J connectivity index is 1.61. The summed E-state index contributed by atoms with van der Waals surface area (Å²) < 4.78 is 11.4. The second kappa shape index (κ2) is 6.68. The van der Waals surface area contributed by atoms with Crippen molar-refractivity contribution in [2.24, 2.45) is 5.92 Å². The minimum absolute atomic E-state index is 0.655. The van der Waals surface area contributed by atoms with E-state index in [0.29, 0.717) is 24.0 Å². The van der Waals surface area contributed by atoms with Gasteiger partial charge in [0.1, 0.15) is 0 Å². The highest BCUT2D eigenvalue weighted by atomic mass is 35.5. The molecule has 1 aromatic carbocycles. The number of rotatable bonds is 4. The Morgan fingerprint density at radius 2 is 1.90 bits per heavy atom. The Bertz CT molecular complexity index is 458. The molecule has 2 aliphatic rings. The summed E-state index contributed by atoms with van der Waals surface area (Å²) in [4.78, 5) is 0. The lowest BCUT2D eigenvalue weighted by atomic mass is 10.1. The van der Waals surface area contributed by atoms with E-state index < -0.39 is 0 Å². The fraction of sp³-hybridized carbons (Fsp3) is 0.625. The van der Waals surface area contributed by atoms with E-state index in [-0.39, 0.29) is 0 Å². The van der Waals surface area contributed by atoms with Crippen LogP contribution < -0.4 is 14.8 Å². The first kappa shape index (κ1) is 14.0. The minimum Gasteiger partial charge on any atom is -0.489 e. The molecule has 20 heavy (non-hydrogen) atoms. The van der Waals surface area contributed by atoms with E-state index >= 15 is 0 Å². The van der Waals surface area contributed by atoms with Crippen molar-refractivity contribution < 1.29 is 9.47 Å². The zero-order valence-electron chi connectivity index (χ0n) is 11.8. The van der Waals surface area contributed by atoms with Crippen LogP contribution in [0.4, 0.5) is 0 Å². The van der Waals surface area contributed by atoms with Gasteiger partial charge in [0.25, 0.3) is 0 Å². The first-order valence-corrected chi connectivity index (χ1v) is 7.99. The van der Waals surface area contributed by atoms with E-state index in [9.17, 15) is 0 Å². The molecular weight excluding hydrogens is 274 g/mol. The molecule has 110 valence electrons. The molecule has 1 heterocycles. The van der Waals surface area contributed by atoms with Crippen LogP contribution in [0, 0.1) is 5.92 Å². The second-order valence-corrected chi connectivity index (χ2v) is 6.14. The summed E-state index contributed by atoms with van der Waals surface area (Å²) in [7, 11) is 0. The summed E-state index contributed by atoms with van der Waals surface area (Å²) in [6.45, 7) is 3.31. The fourth-order valence-electron chi connectivity index (χ4n) is 3.02. The molecule has 0 aromatic heterocycles. The summed E-state index contributed by atoms with van der Waals surface area (Å²) in [5, 5.41) is 4.19. The first-order valence-electron chi connectivity index (χ1n) is 7.61. The summed E-state index contributed by atoms with van der Waals surface area (Å²) in [5.74, 6) is 2.34. The highest BCUT2D eigenvalue weighted by Crippen LogP contribution is 2.38. The maximum Gasteiger partial charge on any atom is 0.179 e. The lowest BCUT2D eigenvalue weighted by Crippen LogP contribution is -2.20. The van der Waals surface area contributed by atoms with Crippen LogP contribution in [-0.2, 0) is 6.54 Å². The molecule has 3 rings (SSSR count). The average Bonchev–Trinajstić information content (AvgIpc) is 2.83. The van der Waals surface area contributed by atoms with Gasteiger partial charge >= 0.3 is 0 Å². The van der Waals surface area contributed by atoms with Crippen LogP contribution in [0.5, 0.6) is 11.5 Å². The monoisotopic (exact) mass is 295 g/mol. The number of hydrogen-bond donors (Lipinski definition) is 1. The molecule has 1 saturated carbocycles. The number of hydrogen-bond acceptors (Lipinski definition) is 3. The van der Waals surface area contributed by atoms with Gasteiger partial charge in [-0.1, -0.05) is 24.4 Å². The van der Waals surface area contributed by atoms with Crippen molar-refractivity contribution in [2.75, 3.05) is 19.8 Å². The predicted octanol–water partition coefficient (Wildman–Crippen LogP) is 3.78. The molecular formula is C16H22ClNO2. The van der Waals surface area contributed by atoms with Gasteiger partial charge in [0, 0.05) is 13.0 Å². The lowest BCUT2D eigenvalue weighted by Gasteiger charge is -2.13. The van der Waals surface area contributed by atoms with Gasteiger partial charge in [0.2, 0.25) is 0 Å². The first-order chi connectivity index (χ1) is 9.83. The zero-order valence-corrected chi connectivity index (χ0v) is 12.5. The van der Waals surface area contributed by atoms with E-state index in [1.54, 1.807) is 0 Å². The summed E-state index contributed by atoms with van der Waals surface area (Å²) in [6.07, 6.45) is 6.43. The van der Waals surface area contributed by atoms with Gasteiger partial charge in [-0.15, -0.1) is 0 Å². The van der Waals surface area contributed by atoms with E-state index in [4.69, 9.17) is 21.1 Å². The van der Waals surface area contributed by atoms with Gasteiger partial charge in [-0.05, 0) is 43.0 Å². The molecule has 0 saturated heterocycles. The molecule has 0 amide bonds. The minimum atomic E-state index is 0.655. The van der Waals surface area contributed by atoms with Crippen molar-refractivity contribution in [1.82, 2.24) is 5.32 Å². The summed E-state index contributed by atoms with van der Waals surface area (Å²) in [6, 6.07) is 4.03. The molecule has 0 bridgehead atoms. The zero-order chi connectivity index (χ0) is 13.8. The van der Waals surface area contributed by atoms with Gasteiger partial charge in [-0.2, -0.15) is 0 Å². The van der Waals surface area contributed by atoms with Gasteiger partial charge < -0.3 is 14.8 Å². The quantitative estimate of drug-likeness (QED) is 0.917. The number of fused-ring (bicyclic) bond motifs is 1. The maximum atomic E-state index is 6.29. The molecule has 1 N–H and O–H groups in total. The van der Waals surface area contributed by atoms with Crippen LogP contribution in [0.3, 0.4) is 0 Å². The van der Waals surface area contributed by atoms with Crippen molar-refractivity contribution >= 4 is 11.6 Å². The van der Waals surface area contributed by atoms with E-state index in [2.05, 4.69) is 5.32 Å². The molecule has 0 spiro atoms. The van der Waals surface area contributed by atoms with Gasteiger partial charge in [0.05, 0.1) is 18.2 Å². The largest absolute Gasteiger partial charge is 0.489 e. The lowest BCUT2D eigenvalue weighted by molar-refractivity contribution is 0.297. The van der Waals surface area contributed by atoms with Crippen molar-refractivity contribution in [3.05, 3.63) is 22.7 Å². The molecule has 1 aliphatic heterocycles. The van der Waals surface area contributed by atoms with E-state index in [0.717, 1.165) is 36.7 Å². The number of halogens is 1. The Morgan fingerprint density at radius 3 is 2.75 bits per heavy atom. The molecule has 4 heteroatoms. The molecule has 0 atom stereocenters. The molecule has 0 radical (unpaired) electrons. The van der Waals surface area contributed by atoms with Crippen LogP contribution >= 0.6 is 11.6 Å². The molecule has 1 aliphatic carbocycles. The summed E-state index contributed by atoms with van der Waals surface area (Å²) in [5.41, 5.74) is 1.16. The third-order valence-electron chi connectivity index (χ3n) is 4.10. The molecule has 1 fully saturated rings. The smallest absolute Gasteiger partial charge is 0.179 e. The number of benzene rings is 1. The van der Waals surface area contributed by atoms with Crippen molar-refractivity contribution in [3.63, 3.8) is 0 Å². The standard InChI is InChI=1S/C16H22ClNO2/c17-14-8-13(11-18-10-12-4-1-2-5-12)9-15-16(14)20-7-3-6-19-15/h8-9,12,18H,1-7,10-11H2. The van der Waals surface area contributed by atoms with E-state index in [1.807, 2.05) is 12.1 Å². The van der Waals surface area contributed by atoms with Crippen LogP contribution in [0.15, 0.2) is 12.1 Å². The highest BCUT2D eigenvalue weighted by molar-refractivity contribution is 6.32. The predicted molar refractivity (Wildman–Crippen MR) is 80.7 cm³/mol. The Kier molecular flexibility index (Phi) is 4.69. The molecule has 1 aromatic rings. The van der Waals surface area contributed by atoms with Crippen molar-refractivity contribution in [1.29, 1.82) is 0 Å². The Hall–Kier alpha value is -0.930. The SMILES string of the molecule is Clc1cc(CNCC2CCCC2)cc2c1OCCCO2. The van der Waals surface area contributed by atoms with Gasteiger partial charge in [0.15, 0.2) is 11.5 Å². The topological polar surface area (TPSA) is 30.5 Å².